The third-order valence-corrected chi connectivity index (χ3v) is 3.44. The van der Waals surface area contributed by atoms with E-state index in [0.29, 0.717) is 0 Å². The Bertz CT molecular complexity index is 544. The molecule has 0 amide bonds. The lowest BCUT2D eigenvalue weighted by molar-refractivity contribution is 0.556. The van der Waals surface area contributed by atoms with Crippen LogP contribution in [0.25, 0.3) is 11.1 Å². The molecule has 0 aliphatic carbocycles. The van der Waals surface area contributed by atoms with Gasteiger partial charge in [-0.2, -0.15) is 11.1 Å². The Morgan fingerprint density at radius 3 is 2.26 bits per heavy atom. The van der Waals surface area contributed by atoms with E-state index in [-0.39, 0.29) is 6.17 Å². The molecule has 0 atom stereocenters. The zero-order valence-electron chi connectivity index (χ0n) is 10.9. The van der Waals surface area contributed by atoms with Crippen LogP contribution in [0.15, 0.2) is 48.5 Å². The Morgan fingerprint density at radius 2 is 1.58 bits per heavy atom. The van der Waals surface area contributed by atoms with Crippen molar-refractivity contribution in [3.63, 3.8) is 0 Å². The molecule has 98 valence electrons. The van der Waals surface area contributed by atoms with Crippen molar-refractivity contribution in [3.05, 3.63) is 59.7 Å². The first-order chi connectivity index (χ1) is 9.38. The second-order valence-electron chi connectivity index (χ2n) is 4.61. The Balaban J connectivity index is 1.98. The summed E-state index contributed by atoms with van der Waals surface area (Å²) in [6.07, 6.45) is 1.13. The number of benzene rings is 2. The maximum atomic E-state index is 3.13. The largest absolute Gasteiger partial charge is 0.220 e. The van der Waals surface area contributed by atoms with E-state index in [1.165, 1.54) is 22.3 Å². The third kappa shape index (κ3) is 2.52. The summed E-state index contributed by atoms with van der Waals surface area (Å²) in [5.41, 5.74) is 17.0. The number of aryl methyl sites for hydroxylation is 1. The van der Waals surface area contributed by atoms with E-state index in [9.17, 15) is 0 Å². The van der Waals surface area contributed by atoms with Crippen molar-refractivity contribution in [1.82, 2.24) is 21.9 Å². The number of hydrazine groups is 3. The van der Waals surface area contributed by atoms with Crippen LogP contribution in [-0.2, 0) is 6.42 Å². The smallest absolute Gasteiger partial charge is 0.112 e. The van der Waals surface area contributed by atoms with Gasteiger partial charge >= 0.3 is 0 Å². The van der Waals surface area contributed by atoms with Crippen LogP contribution in [0.1, 0.15) is 24.2 Å². The highest BCUT2D eigenvalue weighted by Crippen LogP contribution is 2.27. The predicted molar refractivity (Wildman–Crippen MR) is 76.5 cm³/mol. The van der Waals surface area contributed by atoms with Gasteiger partial charge in [0, 0.05) is 0 Å². The molecule has 19 heavy (non-hydrogen) atoms. The van der Waals surface area contributed by atoms with Gasteiger partial charge in [-0.15, -0.1) is 0 Å². The van der Waals surface area contributed by atoms with Crippen molar-refractivity contribution in [1.29, 1.82) is 0 Å². The quantitative estimate of drug-likeness (QED) is 0.677. The van der Waals surface area contributed by atoms with E-state index in [1.807, 2.05) is 0 Å². The number of hydrogen-bond acceptors (Lipinski definition) is 4. The molecule has 2 aromatic rings. The first-order valence-electron chi connectivity index (χ1n) is 6.58. The zero-order chi connectivity index (χ0) is 13.1. The second-order valence-corrected chi connectivity index (χ2v) is 4.61. The SMILES string of the molecule is CCc1ccc(-c2ccccc2C2NNNN2)cc1. The summed E-state index contributed by atoms with van der Waals surface area (Å²) in [6, 6.07) is 17.2. The summed E-state index contributed by atoms with van der Waals surface area (Å²) in [5.74, 6) is 0. The Kier molecular flexibility index (Phi) is 3.57. The van der Waals surface area contributed by atoms with E-state index in [2.05, 4.69) is 77.4 Å². The van der Waals surface area contributed by atoms with Crippen molar-refractivity contribution in [2.45, 2.75) is 19.5 Å². The van der Waals surface area contributed by atoms with Crippen LogP contribution in [0.4, 0.5) is 0 Å². The molecule has 4 N–H and O–H groups in total. The fourth-order valence-corrected chi connectivity index (χ4v) is 2.34. The minimum Gasteiger partial charge on any atom is -0.220 e. The lowest BCUT2D eigenvalue weighted by atomic mass is 9.97. The highest BCUT2D eigenvalue weighted by Gasteiger charge is 2.18. The molecular weight excluding hydrogens is 236 g/mol. The molecule has 3 rings (SSSR count). The molecule has 0 saturated carbocycles. The summed E-state index contributed by atoms with van der Waals surface area (Å²) >= 11 is 0. The van der Waals surface area contributed by atoms with Gasteiger partial charge < -0.3 is 0 Å². The van der Waals surface area contributed by atoms with Gasteiger partial charge in [-0.25, -0.2) is 10.9 Å². The summed E-state index contributed by atoms with van der Waals surface area (Å²) in [6.45, 7) is 2.17. The van der Waals surface area contributed by atoms with Crippen LogP contribution in [0.3, 0.4) is 0 Å². The standard InChI is InChI=1S/C15H18N4/c1-2-11-7-9-12(10-8-11)13-5-3-4-6-14(13)15-16-18-19-17-15/h3-10,15-19H,2H2,1H3. The summed E-state index contributed by atoms with van der Waals surface area (Å²) in [7, 11) is 0. The molecule has 1 saturated heterocycles. The maximum absolute atomic E-state index is 3.13. The van der Waals surface area contributed by atoms with E-state index in [4.69, 9.17) is 0 Å². The third-order valence-electron chi connectivity index (χ3n) is 3.44. The predicted octanol–water partition coefficient (Wildman–Crippen LogP) is 2.03. The van der Waals surface area contributed by atoms with Crippen LogP contribution in [0, 0.1) is 0 Å². The van der Waals surface area contributed by atoms with Crippen LogP contribution in [0.2, 0.25) is 0 Å². The Hall–Kier alpha value is -1.72. The van der Waals surface area contributed by atoms with E-state index in [1.54, 1.807) is 0 Å². The van der Waals surface area contributed by atoms with Crippen molar-refractivity contribution < 1.29 is 0 Å². The van der Waals surface area contributed by atoms with Gasteiger partial charge in [-0.05, 0) is 28.7 Å². The number of rotatable bonds is 3. The van der Waals surface area contributed by atoms with E-state index in [0.717, 1.165) is 6.42 Å². The molecule has 1 fully saturated rings. The van der Waals surface area contributed by atoms with Crippen LogP contribution >= 0.6 is 0 Å². The average Bonchev–Trinajstić information content (AvgIpc) is 3.01. The molecule has 0 unspecified atom stereocenters. The first kappa shape index (κ1) is 12.3. The highest BCUT2D eigenvalue weighted by molar-refractivity contribution is 5.68. The van der Waals surface area contributed by atoms with Crippen LogP contribution < -0.4 is 21.9 Å². The van der Waals surface area contributed by atoms with Crippen molar-refractivity contribution >= 4 is 0 Å². The summed E-state index contributed by atoms with van der Waals surface area (Å²) in [5, 5.41) is 0. The molecular formula is C15H18N4. The zero-order valence-corrected chi connectivity index (χ0v) is 10.9. The lowest BCUT2D eigenvalue weighted by Gasteiger charge is -2.15. The van der Waals surface area contributed by atoms with Crippen molar-refractivity contribution in [2.24, 2.45) is 0 Å². The molecule has 0 bridgehead atoms. The summed E-state index contributed by atoms with van der Waals surface area (Å²) in [4.78, 5) is 0. The fourth-order valence-electron chi connectivity index (χ4n) is 2.34. The second kappa shape index (κ2) is 5.50. The van der Waals surface area contributed by atoms with Gasteiger partial charge in [0.05, 0.1) is 0 Å². The molecule has 4 heteroatoms. The molecule has 1 heterocycles. The van der Waals surface area contributed by atoms with Crippen molar-refractivity contribution in [2.75, 3.05) is 0 Å². The lowest BCUT2D eigenvalue weighted by Crippen LogP contribution is -2.33. The van der Waals surface area contributed by atoms with Crippen LogP contribution in [-0.4, -0.2) is 0 Å². The normalized spacial score (nSPS) is 15.8. The Labute approximate surface area is 113 Å². The first-order valence-corrected chi connectivity index (χ1v) is 6.58. The van der Waals surface area contributed by atoms with Gasteiger partial charge in [0.1, 0.15) is 6.17 Å². The minimum atomic E-state index is 0.0575. The molecule has 0 radical (unpaired) electrons. The van der Waals surface area contributed by atoms with Gasteiger partial charge in [0.2, 0.25) is 0 Å². The van der Waals surface area contributed by atoms with E-state index < -0.39 is 0 Å². The molecule has 2 aromatic carbocycles. The monoisotopic (exact) mass is 254 g/mol. The molecule has 0 spiro atoms. The molecule has 1 aliphatic heterocycles. The molecule has 0 aromatic heterocycles. The van der Waals surface area contributed by atoms with Gasteiger partial charge in [0.25, 0.3) is 0 Å². The number of hydrogen-bond donors (Lipinski definition) is 4. The van der Waals surface area contributed by atoms with Gasteiger partial charge in [-0.1, -0.05) is 55.5 Å². The average molecular weight is 254 g/mol. The van der Waals surface area contributed by atoms with Gasteiger partial charge in [-0.3, -0.25) is 0 Å². The van der Waals surface area contributed by atoms with Crippen molar-refractivity contribution in [3.8, 4) is 11.1 Å². The molecule has 4 nitrogen and oxygen atoms in total. The maximum Gasteiger partial charge on any atom is 0.112 e. The van der Waals surface area contributed by atoms with Gasteiger partial charge in [0.15, 0.2) is 0 Å². The highest BCUT2D eigenvalue weighted by atomic mass is 15.8. The number of nitrogens with one attached hydrogen (secondary N) is 4. The minimum absolute atomic E-state index is 0.0575. The Morgan fingerprint density at radius 1 is 0.895 bits per heavy atom. The summed E-state index contributed by atoms with van der Waals surface area (Å²) < 4.78 is 0. The van der Waals surface area contributed by atoms with E-state index >= 15 is 0 Å². The van der Waals surface area contributed by atoms with Crippen LogP contribution in [0.5, 0.6) is 0 Å². The fraction of sp³-hybridized carbons (Fsp3) is 0.200. The molecule has 1 aliphatic rings. The topological polar surface area (TPSA) is 48.1 Å².